The molecule has 8 heteroatoms. The van der Waals surface area contributed by atoms with Gasteiger partial charge in [-0.1, -0.05) is 23.7 Å². The maximum Gasteiger partial charge on any atom is 0.275 e. The summed E-state index contributed by atoms with van der Waals surface area (Å²) < 4.78 is 1.72. The average molecular weight is 384 g/mol. The molecule has 0 unspecified atom stereocenters. The smallest absolute Gasteiger partial charge is 0.275 e. The molecule has 0 saturated carbocycles. The fourth-order valence-electron chi connectivity index (χ4n) is 2.67. The lowest BCUT2D eigenvalue weighted by Gasteiger charge is -2.03. The topological polar surface area (TPSA) is 72.7 Å². The minimum absolute atomic E-state index is 0.274. The number of nitrogens with one attached hydrogen (secondary N) is 1. The molecule has 1 aromatic carbocycles. The van der Waals surface area contributed by atoms with Crippen LogP contribution < -0.4 is 5.32 Å². The molecule has 3 heterocycles. The second-order valence-electron chi connectivity index (χ2n) is 5.80. The van der Waals surface area contributed by atoms with Crippen LogP contribution in [-0.2, 0) is 7.05 Å². The van der Waals surface area contributed by atoms with Gasteiger partial charge in [-0.15, -0.1) is 11.3 Å². The Morgan fingerprint density at radius 2 is 2.04 bits per heavy atom. The molecule has 4 aromatic rings. The van der Waals surface area contributed by atoms with Gasteiger partial charge < -0.3 is 5.32 Å². The molecule has 26 heavy (non-hydrogen) atoms. The Bertz CT molecular complexity index is 1120. The number of rotatable bonds is 3. The van der Waals surface area contributed by atoms with Gasteiger partial charge in [0.2, 0.25) is 0 Å². The minimum Gasteiger partial charge on any atom is -0.319 e. The number of carbonyl (C=O) groups is 1. The molecule has 0 saturated heterocycles. The van der Waals surface area contributed by atoms with Gasteiger partial charge in [-0.3, -0.25) is 9.48 Å². The molecule has 1 amide bonds. The second kappa shape index (κ2) is 6.51. The van der Waals surface area contributed by atoms with Gasteiger partial charge in [-0.05, 0) is 25.1 Å². The molecule has 6 nitrogen and oxygen atoms in total. The number of aromatic nitrogens is 4. The molecule has 0 spiro atoms. The van der Waals surface area contributed by atoms with E-state index in [9.17, 15) is 4.79 Å². The summed E-state index contributed by atoms with van der Waals surface area (Å²) in [4.78, 5) is 21.3. The van der Waals surface area contributed by atoms with Gasteiger partial charge in [0.05, 0.1) is 17.6 Å². The summed E-state index contributed by atoms with van der Waals surface area (Å²) in [7, 11) is 1.84. The van der Waals surface area contributed by atoms with Crippen LogP contribution in [0.15, 0.2) is 41.9 Å². The van der Waals surface area contributed by atoms with E-state index in [-0.39, 0.29) is 5.91 Å². The van der Waals surface area contributed by atoms with Gasteiger partial charge in [-0.2, -0.15) is 5.10 Å². The van der Waals surface area contributed by atoms with Crippen molar-refractivity contribution < 1.29 is 4.79 Å². The van der Waals surface area contributed by atoms with E-state index in [0.717, 1.165) is 27.3 Å². The number of pyridine rings is 1. The number of benzene rings is 1. The van der Waals surface area contributed by atoms with Crippen LogP contribution in [0.3, 0.4) is 0 Å². The van der Waals surface area contributed by atoms with Crippen molar-refractivity contribution in [1.82, 2.24) is 19.7 Å². The van der Waals surface area contributed by atoms with Crippen molar-refractivity contribution in [2.45, 2.75) is 6.92 Å². The molecule has 0 aliphatic carbocycles. The third kappa shape index (κ3) is 3.07. The van der Waals surface area contributed by atoms with Crippen molar-refractivity contribution in [3.8, 4) is 10.6 Å². The van der Waals surface area contributed by atoms with Crippen LogP contribution in [-0.4, -0.2) is 25.7 Å². The monoisotopic (exact) mass is 383 g/mol. The van der Waals surface area contributed by atoms with Crippen LogP contribution in [0, 0.1) is 6.92 Å². The number of halogens is 1. The van der Waals surface area contributed by atoms with Crippen LogP contribution in [0.4, 0.5) is 5.69 Å². The number of aryl methyl sites for hydroxylation is 2. The highest BCUT2D eigenvalue weighted by molar-refractivity contribution is 7.13. The van der Waals surface area contributed by atoms with E-state index >= 15 is 0 Å². The maximum absolute atomic E-state index is 12.5. The first kappa shape index (κ1) is 16.7. The van der Waals surface area contributed by atoms with Gasteiger partial charge in [0.1, 0.15) is 10.7 Å². The average Bonchev–Trinajstić information content (AvgIpc) is 3.22. The molecule has 130 valence electrons. The lowest BCUT2D eigenvalue weighted by Crippen LogP contribution is -2.12. The van der Waals surface area contributed by atoms with Gasteiger partial charge in [0.25, 0.3) is 5.91 Å². The van der Waals surface area contributed by atoms with E-state index < -0.39 is 0 Å². The molecule has 0 radical (unpaired) electrons. The predicted octanol–water partition coefficient (Wildman–Crippen LogP) is 4.31. The Morgan fingerprint density at radius 1 is 1.27 bits per heavy atom. The molecule has 1 N–H and O–H groups in total. The Kier molecular flexibility index (Phi) is 4.18. The first-order chi connectivity index (χ1) is 12.5. The van der Waals surface area contributed by atoms with Crippen molar-refractivity contribution >= 4 is 45.6 Å². The van der Waals surface area contributed by atoms with Crippen LogP contribution >= 0.6 is 22.9 Å². The van der Waals surface area contributed by atoms with Gasteiger partial charge in [0.15, 0.2) is 5.65 Å². The third-order valence-corrected chi connectivity index (χ3v) is 5.09. The Morgan fingerprint density at radius 3 is 2.81 bits per heavy atom. The molecule has 0 fully saturated rings. The van der Waals surface area contributed by atoms with Crippen molar-refractivity contribution in [1.29, 1.82) is 0 Å². The van der Waals surface area contributed by atoms with Crippen molar-refractivity contribution in [3.05, 3.63) is 58.3 Å². The van der Waals surface area contributed by atoms with E-state index in [4.69, 9.17) is 11.6 Å². The number of carbonyl (C=O) groups excluding carboxylic acids is 1. The van der Waals surface area contributed by atoms with E-state index in [0.29, 0.717) is 16.4 Å². The van der Waals surface area contributed by atoms with E-state index in [1.165, 1.54) is 11.3 Å². The molecule has 0 bridgehead atoms. The molecule has 0 aliphatic rings. The summed E-state index contributed by atoms with van der Waals surface area (Å²) >= 11 is 7.32. The van der Waals surface area contributed by atoms with Gasteiger partial charge in [-0.25, -0.2) is 9.97 Å². The van der Waals surface area contributed by atoms with E-state index in [2.05, 4.69) is 20.4 Å². The summed E-state index contributed by atoms with van der Waals surface area (Å²) in [6.45, 7) is 1.91. The van der Waals surface area contributed by atoms with E-state index in [1.54, 1.807) is 28.4 Å². The maximum atomic E-state index is 12.5. The van der Waals surface area contributed by atoms with Crippen LogP contribution in [0.2, 0.25) is 5.02 Å². The van der Waals surface area contributed by atoms with Crippen LogP contribution in [0.25, 0.3) is 21.6 Å². The summed E-state index contributed by atoms with van der Waals surface area (Å²) in [6.07, 6.45) is 1.62. The second-order valence-corrected chi connectivity index (χ2v) is 7.10. The first-order valence-electron chi connectivity index (χ1n) is 7.83. The van der Waals surface area contributed by atoms with Crippen LogP contribution in [0.1, 0.15) is 16.2 Å². The fraction of sp³-hybridized carbons (Fsp3) is 0.111. The number of nitrogens with zero attached hydrogens (tertiary/aromatic N) is 4. The number of amides is 1. The van der Waals surface area contributed by atoms with Gasteiger partial charge >= 0.3 is 0 Å². The number of anilines is 1. The van der Waals surface area contributed by atoms with Crippen molar-refractivity contribution in [2.24, 2.45) is 7.05 Å². The number of hydrogen-bond acceptors (Lipinski definition) is 5. The summed E-state index contributed by atoms with van der Waals surface area (Å²) in [6, 6.07) is 9.23. The van der Waals surface area contributed by atoms with Crippen LogP contribution in [0.5, 0.6) is 0 Å². The summed E-state index contributed by atoms with van der Waals surface area (Å²) in [5.41, 5.74) is 3.54. The van der Waals surface area contributed by atoms with Gasteiger partial charge in [0, 0.05) is 28.4 Å². The Balaban J connectivity index is 1.57. The molecule has 0 atom stereocenters. The fourth-order valence-corrected chi connectivity index (χ4v) is 3.61. The lowest BCUT2D eigenvalue weighted by molar-refractivity contribution is 0.102. The predicted molar refractivity (Wildman–Crippen MR) is 104 cm³/mol. The normalized spacial score (nSPS) is 11.0. The molecular weight excluding hydrogens is 370 g/mol. The zero-order chi connectivity index (χ0) is 18.3. The minimum atomic E-state index is -0.274. The largest absolute Gasteiger partial charge is 0.319 e. The number of thiazole rings is 1. The SMILES string of the molecule is Cc1nn(C)c2ncc(NC(=O)c3csc(-c4ccc(Cl)cc4)n3)cc12. The summed E-state index contributed by atoms with van der Waals surface area (Å²) in [5, 5.41) is 11.3. The zero-order valence-electron chi connectivity index (χ0n) is 14.0. The molecule has 4 rings (SSSR count). The quantitative estimate of drug-likeness (QED) is 0.572. The molecule has 3 aromatic heterocycles. The van der Waals surface area contributed by atoms with Crippen molar-refractivity contribution in [2.75, 3.05) is 5.32 Å². The standard InChI is InChI=1S/C18H14ClN5OS/c1-10-14-7-13(8-20-16(14)24(2)23-10)21-17(25)15-9-26-18(22-15)11-3-5-12(19)6-4-11/h3-9H,1-2H3,(H,21,25). The molecular formula is C18H14ClN5OS. The summed E-state index contributed by atoms with van der Waals surface area (Å²) in [5.74, 6) is -0.274. The highest BCUT2D eigenvalue weighted by atomic mass is 35.5. The third-order valence-electron chi connectivity index (χ3n) is 3.95. The molecule has 0 aliphatic heterocycles. The van der Waals surface area contributed by atoms with E-state index in [1.807, 2.05) is 32.2 Å². The first-order valence-corrected chi connectivity index (χ1v) is 9.09. The highest BCUT2D eigenvalue weighted by Crippen LogP contribution is 2.26. The lowest BCUT2D eigenvalue weighted by atomic mass is 10.2. The van der Waals surface area contributed by atoms with Crippen molar-refractivity contribution in [3.63, 3.8) is 0 Å². The zero-order valence-corrected chi connectivity index (χ0v) is 15.6. The number of hydrogen-bond donors (Lipinski definition) is 1. The highest BCUT2D eigenvalue weighted by Gasteiger charge is 2.14. The Hall–Kier alpha value is -2.77. The Labute approximate surface area is 158 Å². The number of fused-ring (bicyclic) bond motifs is 1.